The van der Waals surface area contributed by atoms with E-state index in [4.69, 9.17) is 4.84 Å². The number of nitro groups is 1. The molecule has 7 heteroatoms. The van der Waals surface area contributed by atoms with Crippen molar-refractivity contribution >= 4 is 29.0 Å². The molecule has 188 valence electrons. The number of rotatable bonds is 8. The van der Waals surface area contributed by atoms with E-state index in [-0.39, 0.29) is 17.3 Å². The van der Waals surface area contributed by atoms with Crippen molar-refractivity contribution in [1.82, 2.24) is 0 Å². The summed E-state index contributed by atoms with van der Waals surface area (Å²) in [4.78, 5) is 45.1. The summed E-state index contributed by atoms with van der Waals surface area (Å²) in [5.74, 6) is -1.48. The number of Topliss-reactive ketones (excluding diaryl/α,β-unsaturated/α-hetero) is 2. The van der Waals surface area contributed by atoms with Gasteiger partial charge in [-0.2, -0.15) is 0 Å². The fourth-order valence-electron chi connectivity index (χ4n) is 4.65. The summed E-state index contributed by atoms with van der Waals surface area (Å²) >= 11 is 0. The third kappa shape index (κ3) is 5.00. The Bertz CT molecular complexity index is 1470. The lowest BCUT2D eigenvalue weighted by molar-refractivity contribution is -0.385. The summed E-state index contributed by atoms with van der Waals surface area (Å²) in [5.41, 5.74) is 1.86. The van der Waals surface area contributed by atoms with Crippen LogP contribution in [0.5, 0.6) is 0 Å². The van der Waals surface area contributed by atoms with Crippen LogP contribution >= 0.6 is 0 Å². The van der Waals surface area contributed by atoms with Gasteiger partial charge in [0.05, 0.1) is 28.1 Å². The van der Waals surface area contributed by atoms with Gasteiger partial charge in [-0.25, -0.2) is 5.06 Å². The van der Waals surface area contributed by atoms with Crippen molar-refractivity contribution in [1.29, 1.82) is 0 Å². The molecule has 5 rings (SSSR count). The maximum Gasteiger partial charge on any atom is 0.276 e. The molecule has 0 aliphatic carbocycles. The Labute approximate surface area is 219 Å². The molecule has 7 nitrogen and oxygen atoms in total. The highest BCUT2D eigenvalue weighted by molar-refractivity contribution is 6.07. The SMILES string of the molecule is O=C(c1ccccc1)C1ON(c2ccccc2)C(/C=C/c2ccccc2[N+](=O)[O-])C1C(=O)c1ccccc1. The van der Waals surface area contributed by atoms with Gasteiger partial charge in [-0.3, -0.25) is 24.5 Å². The maximum atomic E-state index is 14.0. The van der Waals surface area contributed by atoms with Crippen LogP contribution in [0.25, 0.3) is 6.08 Å². The number of ketones is 2. The molecular formula is C31H24N2O5. The summed E-state index contributed by atoms with van der Waals surface area (Å²) in [6.45, 7) is 0. The number of anilines is 1. The third-order valence-corrected chi connectivity index (χ3v) is 6.49. The topological polar surface area (TPSA) is 89.8 Å². The second-order valence-corrected chi connectivity index (χ2v) is 8.84. The molecule has 0 bridgehead atoms. The van der Waals surface area contributed by atoms with E-state index < -0.39 is 23.0 Å². The van der Waals surface area contributed by atoms with Crippen LogP contribution in [0.4, 0.5) is 11.4 Å². The predicted octanol–water partition coefficient (Wildman–Crippen LogP) is 6.18. The molecule has 1 heterocycles. The zero-order valence-electron chi connectivity index (χ0n) is 20.3. The van der Waals surface area contributed by atoms with Gasteiger partial charge >= 0.3 is 0 Å². The van der Waals surface area contributed by atoms with Gasteiger partial charge in [0, 0.05) is 17.2 Å². The molecule has 0 spiro atoms. The van der Waals surface area contributed by atoms with Gasteiger partial charge in [0.25, 0.3) is 5.69 Å². The molecule has 0 N–H and O–H groups in total. The van der Waals surface area contributed by atoms with Crippen molar-refractivity contribution < 1.29 is 19.3 Å². The van der Waals surface area contributed by atoms with Gasteiger partial charge in [-0.05, 0) is 24.3 Å². The van der Waals surface area contributed by atoms with E-state index >= 15 is 0 Å². The van der Waals surface area contributed by atoms with E-state index in [1.807, 2.05) is 42.5 Å². The maximum absolute atomic E-state index is 14.0. The van der Waals surface area contributed by atoms with Crippen LogP contribution in [-0.2, 0) is 4.84 Å². The first-order valence-electron chi connectivity index (χ1n) is 12.2. The largest absolute Gasteiger partial charge is 0.294 e. The van der Waals surface area contributed by atoms with E-state index in [0.717, 1.165) is 0 Å². The van der Waals surface area contributed by atoms with Crippen LogP contribution in [0.3, 0.4) is 0 Å². The molecule has 0 amide bonds. The molecule has 4 aromatic carbocycles. The normalized spacial score (nSPS) is 18.9. The lowest BCUT2D eigenvalue weighted by atomic mass is 9.83. The Balaban J connectivity index is 1.63. The molecule has 0 radical (unpaired) electrons. The first-order chi connectivity index (χ1) is 18.5. The number of hydrogen-bond acceptors (Lipinski definition) is 6. The zero-order valence-corrected chi connectivity index (χ0v) is 20.3. The molecule has 1 saturated heterocycles. The second-order valence-electron chi connectivity index (χ2n) is 8.84. The highest BCUT2D eigenvalue weighted by atomic mass is 16.7. The van der Waals surface area contributed by atoms with E-state index in [2.05, 4.69) is 0 Å². The van der Waals surface area contributed by atoms with Crippen molar-refractivity contribution in [3.8, 4) is 0 Å². The molecule has 0 aromatic heterocycles. The molecule has 1 fully saturated rings. The van der Waals surface area contributed by atoms with Gasteiger partial charge in [-0.1, -0.05) is 97.1 Å². The third-order valence-electron chi connectivity index (χ3n) is 6.49. The minimum Gasteiger partial charge on any atom is -0.294 e. The number of para-hydroxylation sites is 2. The monoisotopic (exact) mass is 504 g/mol. The summed E-state index contributed by atoms with van der Waals surface area (Å²) < 4.78 is 0. The highest BCUT2D eigenvalue weighted by Gasteiger charge is 2.50. The zero-order chi connectivity index (χ0) is 26.5. The minimum absolute atomic E-state index is 0.0585. The van der Waals surface area contributed by atoms with Crippen LogP contribution in [0, 0.1) is 16.0 Å². The number of nitro benzene ring substituents is 1. The Morgan fingerprint density at radius 2 is 1.26 bits per heavy atom. The van der Waals surface area contributed by atoms with Gasteiger partial charge < -0.3 is 0 Å². The number of carbonyl (C=O) groups is 2. The molecule has 0 saturated carbocycles. The van der Waals surface area contributed by atoms with Crippen LogP contribution in [0.1, 0.15) is 26.3 Å². The Morgan fingerprint density at radius 3 is 1.87 bits per heavy atom. The summed E-state index contributed by atoms with van der Waals surface area (Å²) in [5, 5.41) is 13.2. The standard InChI is InChI=1S/C31H24N2O5/c34-29(23-13-4-1-5-14-23)28-27(21-20-22-12-10-11-19-26(22)33(36)37)32(25-17-8-3-9-18-25)38-31(28)30(35)24-15-6-2-7-16-24/h1-21,27-28,31H/b21-20+. The molecule has 1 aliphatic rings. The molecule has 38 heavy (non-hydrogen) atoms. The van der Waals surface area contributed by atoms with Crippen LogP contribution < -0.4 is 5.06 Å². The number of carbonyl (C=O) groups excluding carboxylic acids is 2. The number of hydrogen-bond donors (Lipinski definition) is 0. The minimum atomic E-state index is -1.11. The Hall–Kier alpha value is -4.88. The fourth-order valence-corrected chi connectivity index (χ4v) is 4.65. The quantitative estimate of drug-likeness (QED) is 0.162. The summed E-state index contributed by atoms with van der Waals surface area (Å²) in [6, 6.07) is 32.3. The summed E-state index contributed by atoms with van der Waals surface area (Å²) in [6.07, 6.45) is 2.22. The first-order valence-corrected chi connectivity index (χ1v) is 12.2. The molecule has 1 aliphatic heterocycles. The van der Waals surface area contributed by atoms with E-state index in [1.165, 1.54) is 6.07 Å². The summed E-state index contributed by atoms with van der Waals surface area (Å²) in [7, 11) is 0. The van der Waals surface area contributed by atoms with Crippen LogP contribution in [0.2, 0.25) is 0 Å². The molecular weight excluding hydrogens is 480 g/mol. The van der Waals surface area contributed by atoms with Gasteiger partial charge in [0.15, 0.2) is 17.7 Å². The number of benzene rings is 4. The van der Waals surface area contributed by atoms with Crippen molar-refractivity contribution in [2.75, 3.05) is 5.06 Å². The van der Waals surface area contributed by atoms with E-state index in [0.29, 0.717) is 22.4 Å². The molecule has 3 unspecified atom stereocenters. The average molecular weight is 505 g/mol. The number of hydroxylamine groups is 1. The number of nitrogens with zero attached hydrogens (tertiary/aromatic N) is 2. The second kappa shape index (κ2) is 11.0. The van der Waals surface area contributed by atoms with Crippen LogP contribution in [0.15, 0.2) is 121 Å². The van der Waals surface area contributed by atoms with Gasteiger partial charge in [0.1, 0.15) is 0 Å². The lowest BCUT2D eigenvalue weighted by Gasteiger charge is -2.24. The van der Waals surface area contributed by atoms with Crippen LogP contribution in [-0.4, -0.2) is 28.6 Å². The van der Waals surface area contributed by atoms with Gasteiger partial charge in [0.2, 0.25) is 0 Å². The van der Waals surface area contributed by atoms with E-state index in [1.54, 1.807) is 83.9 Å². The van der Waals surface area contributed by atoms with Crippen molar-refractivity contribution in [3.05, 3.63) is 148 Å². The highest BCUT2D eigenvalue weighted by Crippen LogP contribution is 2.37. The Morgan fingerprint density at radius 1 is 0.737 bits per heavy atom. The lowest BCUT2D eigenvalue weighted by Crippen LogP contribution is -2.37. The Kier molecular flexibility index (Phi) is 7.19. The van der Waals surface area contributed by atoms with Crippen molar-refractivity contribution in [3.63, 3.8) is 0 Å². The van der Waals surface area contributed by atoms with E-state index in [9.17, 15) is 19.7 Å². The molecule has 3 atom stereocenters. The fraction of sp³-hybridized carbons (Fsp3) is 0.0968. The molecule has 4 aromatic rings. The van der Waals surface area contributed by atoms with Crippen molar-refractivity contribution in [2.45, 2.75) is 12.1 Å². The average Bonchev–Trinajstić information content (AvgIpc) is 3.36. The smallest absolute Gasteiger partial charge is 0.276 e. The predicted molar refractivity (Wildman–Crippen MR) is 145 cm³/mol. The first kappa shape index (κ1) is 24.8. The van der Waals surface area contributed by atoms with Crippen molar-refractivity contribution in [2.24, 2.45) is 5.92 Å². The van der Waals surface area contributed by atoms with Gasteiger partial charge in [-0.15, -0.1) is 0 Å².